The van der Waals surface area contributed by atoms with Crippen molar-refractivity contribution in [2.24, 2.45) is 11.3 Å². The molecule has 0 amide bonds. The Hall–Kier alpha value is -0.590. The number of nitrogens with zero attached hydrogens (tertiary/aromatic N) is 2. The summed E-state index contributed by atoms with van der Waals surface area (Å²) in [6.45, 7) is 9.51. The number of nitriles is 1. The Morgan fingerprint density at radius 3 is 2.58 bits per heavy atom. The van der Waals surface area contributed by atoms with E-state index < -0.39 is 0 Å². The molecule has 19 heavy (non-hydrogen) atoms. The van der Waals surface area contributed by atoms with Crippen LogP contribution in [0.15, 0.2) is 0 Å². The van der Waals surface area contributed by atoms with Crippen LogP contribution < -0.4 is 5.32 Å². The minimum Gasteiger partial charge on any atom is -0.302 e. The van der Waals surface area contributed by atoms with Crippen molar-refractivity contribution < 1.29 is 0 Å². The van der Waals surface area contributed by atoms with E-state index in [1.165, 1.54) is 32.4 Å². The Kier molecular flexibility index (Phi) is 4.23. The van der Waals surface area contributed by atoms with Crippen molar-refractivity contribution in [1.82, 2.24) is 10.2 Å². The van der Waals surface area contributed by atoms with Gasteiger partial charge in [-0.05, 0) is 57.0 Å². The Morgan fingerprint density at radius 2 is 2.05 bits per heavy atom. The van der Waals surface area contributed by atoms with Crippen molar-refractivity contribution in [3.63, 3.8) is 0 Å². The van der Waals surface area contributed by atoms with Gasteiger partial charge in [-0.25, -0.2) is 0 Å². The van der Waals surface area contributed by atoms with Gasteiger partial charge in [0.25, 0.3) is 0 Å². The van der Waals surface area contributed by atoms with Gasteiger partial charge in [-0.3, -0.25) is 4.90 Å². The van der Waals surface area contributed by atoms with Crippen LogP contribution in [0.3, 0.4) is 0 Å². The van der Waals surface area contributed by atoms with Crippen molar-refractivity contribution in [2.75, 3.05) is 20.1 Å². The maximum absolute atomic E-state index is 9.45. The number of rotatable bonds is 2. The van der Waals surface area contributed by atoms with Crippen LogP contribution in [0.4, 0.5) is 0 Å². The van der Waals surface area contributed by atoms with E-state index >= 15 is 0 Å². The lowest BCUT2D eigenvalue weighted by Gasteiger charge is -2.40. The molecule has 0 aromatic heterocycles. The molecule has 1 saturated carbocycles. The highest BCUT2D eigenvalue weighted by atomic mass is 15.2. The molecule has 0 spiro atoms. The number of hydrogen-bond acceptors (Lipinski definition) is 3. The molecule has 0 aromatic rings. The molecule has 108 valence electrons. The van der Waals surface area contributed by atoms with E-state index in [-0.39, 0.29) is 5.54 Å². The highest BCUT2D eigenvalue weighted by Gasteiger charge is 2.41. The molecule has 2 rings (SSSR count). The molecule has 0 aromatic carbocycles. The topological polar surface area (TPSA) is 39.1 Å². The van der Waals surface area contributed by atoms with Crippen LogP contribution >= 0.6 is 0 Å². The monoisotopic (exact) mass is 263 g/mol. The largest absolute Gasteiger partial charge is 0.302 e. The van der Waals surface area contributed by atoms with Crippen LogP contribution in [0.1, 0.15) is 52.9 Å². The van der Waals surface area contributed by atoms with E-state index in [1.54, 1.807) is 0 Å². The van der Waals surface area contributed by atoms with Gasteiger partial charge in [0.2, 0.25) is 0 Å². The molecule has 3 nitrogen and oxygen atoms in total. The first-order valence-corrected chi connectivity index (χ1v) is 7.74. The number of nitrogens with one attached hydrogen (secondary N) is 1. The quantitative estimate of drug-likeness (QED) is 0.832. The molecular weight excluding hydrogens is 234 g/mol. The third-order valence-corrected chi connectivity index (χ3v) is 5.38. The van der Waals surface area contributed by atoms with Gasteiger partial charge in [-0.2, -0.15) is 5.26 Å². The molecule has 3 atom stereocenters. The predicted molar refractivity (Wildman–Crippen MR) is 78.8 cm³/mol. The predicted octanol–water partition coefficient (Wildman–Crippen LogP) is 2.78. The number of hydrogen-bond donors (Lipinski definition) is 1. The average molecular weight is 263 g/mol. The third-order valence-electron chi connectivity index (χ3n) is 5.38. The lowest BCUT2D eigenvalue weighted by Crippen LogP contribution is -2.51. The third kappa shape index (κ3) is 3.12. The van der Waals surface area contributed by atoms with Crippen LogP contribution in [0.2, 0.25) is 0 Å². The summed E-state index contributed by atoms with van der Waals surface area (Å²) < 4.78 is 0. The lowest BCUT2D eigenvalue weighted by atomic mass is 9.79. The SMILES string of the molecule is CNC1(C#N)CCCC(N2CCC(C(C)(C)C)C2)C1. The van der Waals surface area contributed by atoms with E-state index in [2.05, 4.69) is 37.1 Å². The Labute approximate surface area is 118 Å². The van der Waals surface area contributed by atoms with Crippen LogP contribution in [-0.4, -0.2) is 36.6 Å². The zero-order valence-electron chi connectivity index (χ0n) is 13.0. The van der Waals surface area contributed by atoms with Gasteiger partial charge in [-0.15, -0.1) is 0 Å². The maximum atomic E-state index is 9.45. The second-order valence-electron chi connectivity index (χ2n) is 7.54. The highest BCUT2D eigenvalue weighted by molar-refractivity contribution is 5.11. The van der Waals surface area contributed by atoms with E-state index in [4.69, 9.17) is 0 Å². The van der Waals surface area contributed by atoms with E-state index in [0.717, 1.165) is 18.8 Å². The van der Waals surface area contributed by atoms with Gasteiger partial charge < -0.3 is 5.32 Å². The molecule has 1 heterocycles. The molecule has 2 aliphatic rings. The van der Waals surface area contributed by atoms with Crippen molar-refractivity contribution in [2.45, 2.75) is 64.5 Å². The molecule has 0 radical (unpaired) electrons. The van der Waals surface area contributed by atoms with Crippen molar-refractivity contribution in [3.8, 4) is 6.07 Å². The summed E-state index contributed by atoms with van der Waals surface area (Å²) in [5.74, 6) is 0.806. The number of likely N-dealkylation sites (tertiary alicyclic amines) is 1. The zero-order chi connectivity index (χ0) is 14.1. The maximum Gasteiger partial charge on any atom is 0.108 e. The Morgan fingerprint density at radius 1 is 1.32 bits per heavy atom. The summed E-state index contributed by atoms with van der Waals surface area (Å²) in [7, 11) is 1.94. The van der Waals surface area contributed by atoms with Crippen LogP contribution in [0.25, 0.3) is 0 Å². The first-order chi connectivity index (χ1) is 8.90. The van der Waals surface area contributed by atoms with Gasteiger partial charge in [0.05, 0.1) is 6.07 Å². The van der Waals surface area contributed by atoms with Gasteiger partial charge in [-0.1, -0.05) is 20.8 Å². The normalized spacial score (nSPS) is 37.2. The van der Waals surface area contributed by atoms with E-state index in [9.17, 15) is 5.26 Å². The Balaban J connectivity index is 1.99. The smallest absolute Gasteiger partial charge is 0.108 e. The van der Waals surface area contributed by atoms with Gasteiger partial charge in [0, 0.05) is 12.6 Å². The van der Waals surface area contributed by atoms with Crippen LogP contribution in [0.5, 0.6) is 0 Å². The van der Waals surface area contributed by atoms with Crippen LogP contribution in [0, 0.1) is 22.7 Å². The summed E-state index contributed by atoms with van der Waals surface area (Å²) in [4.78, 5) is 2.65. The molecule has 3 unspecified atom stereocenters. The van der Waals surface area contributed by atoms with Crippen molar-refractivity contribution >= 4 is 0 Å². The van der Waals surface area contributed by atoms with E-state index in [0.29, 0.717) is 11.5 Å². The van der Waals surface area contributed by atoms with Gasteiger partial charge in [0.1, 0.15) is 5.54 Å². The standard InChI is InChI=1S/C16H29N3/c1-15(2,3)13-7-9-19(11-13)14-6-5-8-16(10-14,12-17)18-4/h13-14,18H,5-11H2,1-4H3. The molecule has 1 N–H and O–H groups in total. The van der Waals surface area contributed by atoms with E-state index in [1.807, 2.05) is 7.05 Å². The van der Waals surface area contributed by atoms with Gasteiger partial charge in [0.15, 0.2) is 0 Å². The lowest BCUT2D eigenvalue weighted by molar-refractivity contribution is 0.132. The molecular formula is C16H29N3. The molecule has 1 aliphatic heterocycles. The summed E-state index contributed by atoms with van der Waals surface area (Å²) in [6, 6.07) is 3.13. The second-order valence-corrected chi connectivity index (χ2v) is 7.54. The zero-order valence-corrected chi connectivity index (χ0v) is 13.0. The van der Waals surface area contributed by atoms with Crippen LogP contribution in [-0.2, 0) is 0 Å². The molecule has 1 saturated heterocycles. The summed E-state index contributed by atoms with van der Waals surface area (Å²) in [6.07, 6.45) is 5.76. The fourth-order valence-electron chi connectivity index (χ4n) is 3.77. The summed E-state index contributed by atoms with van der Waals surface area (Å²) in [5.41, 5.74) is 0.140. The highest BCUT2D eigenvalue weighted by Crippen LogP contribution is 2.38. The molecule has 2 fully saturated rings. The average Bonchev–Trinajstić information content (AvgIpc) is 2.88. The second kappa shape index (κ2) is 5.42. The molecule has 1 aliphatic carbocycles. The fourth-order valence-corrected chi connectivity index (χ4v) is 3.77. The van der Waals surface area contributed by atoms with Gasteiger partial charge >= 0.3 is 0 Å². The fraction of sp³-hybridized carbons (Fsp3) is 0.938. The first-order valence-electron chi connectivity index (χ1n) is 7.74. The summed E-state index contributed by atoms with van der Waals surface area (Å²) in [5, 5.41) is 12.7. The minimum atomic E-state index is -0.275. The molecule has 0 bridgehead atoms. The van der Waals surface area contributed by atoms with Crippen molar-refractivity contribution in [1.29, 1.82) is 5.26 Å². The first kappa shape index (κ1) is 14.8. The minimum absolute atomic E-state index is 0.275. The van der Waals surface area contributed by atoms with Crippen molar-refractivity contribution in [3.05, 3.63) is 0 Å². The molecule has 3 heteroatoms. The Bertz CT molecular complexity index is 352. The summed E-state index contributed by atoms with van der Waals surface area (Å²) >= 11 is 0.